The van der Waals surface area contributed by atoms with E-state index in [1.807, 2.05) is 0 Å². The molecule has 0 aliphatic carbocycles. The topological polar surface area (TPSA) is 76.1 Å². The fourth-order valence-electron chi connectivity index (χ4n) is 2.38. The highest BCUT2D eigenvalue weighted by molar-refractivity contribution is 5.89. The third kappa shape index (κ3) is 5.02. The van der Waals surface area contributed by atoms with Crippen LogP contribution in [0.15, 0.2) is 24.3 Å². The fourth-order valence-corrected chi connectivity index (χ4v) is 2.38. The maximum absolute atomic E-state index is 11.9. The third-order valence-corrected chi connectivity index (χ3v) is 3.66. The second kappa shape index (κ2) is 8.22. The minimum atomic E-state index is -0.581. The molecule has 1 aliphatic rings. The van der Waals surface area contributed by atoms with E-state index in [2.05, 4.69) is 0 Å². The van der Waals surface area contributed by atoms with Gasteiger partial charge in [-0.25, -0.2) is 4.79 Å². The normalized spacial score (nSPS) is 14.7. The first-order chi connectivity index (χ1) is 11.1. The number of aromatic hydroxyl groups is 1. The van der Waals surface area contributed by atoms with E-state index in [0.717, 1.165) is 32.4 Å². The van der Waals surface area contributed by atoms with Gasteiger partial charge < -0.3 is 19.5 Å². The largest absolute Gasteiger partial charge is 0.504 e. The summed E-state index contributed by atoms with van der Waals surface area (Å²) >= 11 is 0. The molecule has 0 radical (unpaired) electrons. The van der Waals surface area contributed by atoms with E-state index in [1.165, 1.54) is 25.3 Å². The lowest BCUT2D eigenvalue weighted by Crippen LogP contribution is -2.38. The number of rotatable bonds is 5. The van der Waals surface area contributed by atoms with E-state index in [0.29, 0.717) is 11.3 Å². The van der Waals surface area contributed by atoms with Gasteiger partial charge in [0, 0.05) is 19.2 Å². The van der Waals surface area contributed by atoms with Gasteiger partial charge in [0.2, 0.25) is 0 Å². The van der Waals surface area contributed by atoms with E-state index in [-0.39, 0.29) is 18.3 Å². The number of ether oxygens (including phenoxy) is 2. The first kappa shape index (κ1) is 16.9. The van der Waals surface area contributed by atoms with Crippen LogP contribution in [0.2, 0.25) is 0 Å². The van der Waals surface area contributed by atoms with Crippen LogP contribution in [0.25, 0.3) is 6.08 Å². The highest BCUT2D eigenvalue weighted by atomic mass is 16.5. The summed E-state index contributed by atoms with van der Waals surface area (Å²) in [6.07, 6.45) is 5.93. The number of benzene rings is 1. The highest BCUT2D eigenvalue weighted by Crippen LogP contribution is 2.26. The Balaban J connectivity index is 1.83. The van der Waals surface area contributed by atoms with Crippen molar-refractivity contribution in [1.29, 1.82) is 0 Å². The molecule has 0 atom stereocenters. The Morgan fingerprint density at radius 2 is 2.00 bits per heavy atom. The van der Waals surface area contributed by atoms with Crippen molar-refractivity contribution in [2.24, 2.45) is 0 Å². The van der Waals surface area contributed by atoms with Gasteiger partial charge in [-0.3, -0.25) is 4.79 Å². The summed E-state index contributed by atoms with van der Waals surface area (Å²) in [6, 6.07) is 4.71. The Morgan fingerprint density at radius 1 is 1.26 bits per heavy atom. The molecular formula is C17H21NO5. The number of likely N-dealkylation sites (tertiary alicyclic amines) is 1. The molecule has 6 heteroatoms. The number of phenolic OH excluding ortho intramolecular Hbond substituents is 1. The average molecular weight is 319 g/mol. The monoisotopic (exact) mass is 319 g/mol. The fraction of sp³-hybridized carbons (Fsp3) is 0.412. The van der Waals surface area contributed by atoms with Crippen LogP contribution < -0.4 is 4.74 Å². The number of methoxy groups -OCH3 is 1. The van der Waals surface area contributed by atoms with E-state index in [1.54, 1.807) is 17.0 Å². The molecule has 0 spiro atoms. The van der Waals surface area contributed by atoms with Crippen LogP contribution in [0.4, 0.5) is 0 Å². The predicted octanol–water partition coefficient (Wildman–Crippen LogP) is 1.97. The van der Waals surface area contributed by atoms with Crippen molar-refractivity contribution in [3.63, 3.8) is 0 Å². The summed E-state index contributed by atoms with van der Waals surface area (Å²) in [5.41, 5.74) is 0.680. The van der Waals surface area contributed by atoms with Crippen molar-refractivity contribution in [3.8, 4) is 11.5 Å². The SMILES string of the molecule is COc1cc(C=CC(=O)OCC(=O)N2CCCCC2)ccc1O. The number of hydrogen-bond donors (Lipinski definition) is 1. The number of carbonyl (C=O) groups is 2. The summed E-state index contributed by atoms with van der Waals surface area (Å²) in [7, 11) is 1.45. The number of esters is 1. The first-order valence-corrected chi connectivity index (χ1v) is 7.60. The number of hydrogen-bond acceptors (Lipinski definition) is 5. The Morgan fingerprint density at radius 3 is 2.70 bits per heavy atom. The minimum Gasteiger partial charge on any atom is -0.504 e. The third-order valence-electron chi connectivity index (χ3n) is 3.66. The summed E-state index contributed by atoms with van der Waals surface area (Å²) in [4.78, 5) is 25.3. The molecule has 6 nitrogen and oxygen atoms in total. The number of phenols is 1. The lowest BCUT2D eigenvalue weighted by molar-refractivity contribution is -0.148. The predicted molar refractivity (Wildman–Crippen MR) is 85.1 cm³/mol. The van der Waals surface area contributed by atoms with E-state index in [4.69, 9.17) is 9.47 Å². The van der Waals surface area contributed by atoms with E-state index in [9.17, 15) is 14.7 Å². The van der Waals surface area contributed by atoms with Crippen molar-refractivity contribution < 1.29 is 24.2 Å². The van der Waals surface area contributed by atoms with Gasteiger partial charge in [0.25, 0.3) is 5.91 Å². The maximum Gasteiger partial charge on any atom is 0.331 e. The zero-order valence-corrected chi connectivity index (χ0v) is 13.2. The molecule has 1 aromatic carbocycles. The highest BCUT2D eigenvalue weighted by Gasteiger charge is 2.17. The Bertz CT molecular complexity index is 591. The molecule has 2 rings (SSSR count). The molecule has 1 N–H and O–H groups in total. The lowest BCUT2D eigenvalue weighted by atomic mass is 10.1. The van der Waals surface area contributed by atoms with Gasteiger partial charge in [-0.05, 0) is 43.0 Å². The van der Waals surface area contributed by atoms with E-state index >= 15 is 0 Å². The van der Waals surface area contributed by atoms with Crippen LogP contribution >= 0.6 is 0 Å². The lowest BCUT2D eigenvalue weighted by Gasteiger charge is -2.26. The second-order valence-electron chi connectivity index (χ2n) is 5.31. The van der Waals surface area contributed by atoms with Gasteiger partial charge in [0.15, 0.2) is 18.1 Å². The Hall–Kier alpha value is -2.50. The molecule has 124 valence electrons. The second-order valence-corrected chi connectivity index (χ2v) is 5.31. The smallest absolute Gasteiger partial charge is 0.331 e. The quantitative estimate of drug-likeness (QED) is 0.663. The molecule has 0 aromatic heterocycles. The van der Waals surface area contributed by atoms with Gasteiger partial charge in [-0.15, -0.1) is 0 Å². The van der Waals surface area contributed by atoms with Crippen LogP contribution in [0.3, 0.4) is 0 Å². The van der Waals surface area contributed by atoms with Gasteiger partial charge in [-0.1, -0.05) is 6.07 Å². The van der Waals surface area contributed by atoms with Crippen LogP contribution in [0, 0.1) is 0 Å². The first-order valence-electron chi connectivity index (χ1n) is 7.60. The molecule has 1 aromatic rings. The summed E-state index contributed by atoms with van der Waals surface area (Å²) in [6.45, 7) is 1.24. The van der Waals surface area contributed by atoms with Gasteiger partial charge in [0.1, 0.15) is 0 Å². The van der Waals surface area contributed by atoms with Crippen LogP contribution in [-0.2, 0) is 14.3 Å². The van der Waals surface area contributed by atoms with Crippen molar-refractivity contribution in [1.82, 2.24) is 4.90 Å². The summed E-state index contributed by atoms with van der Waals surface area (Å²) in [5, 5.41) is 9.50. The molecule has 1 amide bonds. The summed E-state index contributed by atoms with van der Waals surface area (Å²) < 4.78 is 9.95. The van der Waals surface area contributed by atoms with Crippen molar-refractivity contribution in [3.05, 3.63) is 29.8 Å². The number of amides is 1. The van der Waals surface area contributed by atoms with Crippen LogP contribution in [0.1, 0.15) is 24.8 Å². The Kier molecular flexibility index (Phi) is 6.02. The molecule has 1 fully saturated rings. The minimum absolute atomic E-state index is 0.0272. The molecule has 1 saturated heterocycles. The summed E-state index contributed by atoms with van der Waals surface area (Å²) in [5.74, 6) is -0.389. The number of nitrogens with zero attached hydrogens (tertiary/aromatic N) is 1. The van der Waals surface area contributed by atoms with Crippen molar-refractivity contribution >= 4 is 18.0 Å². The van der Waals surface area contributed by atoms with Crippen LogP contribution in [-0.4, -0.2) is 48.7 Å². The maximum atomic E-state index is 11.9. The van der Waals surface area contributed by atoms with E-state index < -0.39 is 5.97 Å². The van der Waals surface area contributed by atoms with Gasteiger partial charge in [-0.2, -0.15) is 0 Å². The molecule has 1 aliphatic heterocycles. The zero-order chi connectivity index (χ0) is 16.7. The van der Waals surface area contributed by atoms with Gasteiger partial charge in [0.05, 0.1) is 7.11 Å². The average Bonchev–Trinajstić information content (AvgIpc) is 2.59. The molecular weight excluding hydrogens is 298 g/mol. The van der Waals surface area contributed by atoms with Gasteiger partial charge >= 0.3 is 5.97 Å². The zero-order valence-electron chi connectivity index (χ0n) is 13.2. The Labute approximate surface area is 135 Å². The van der Waals surface area contributed by atoms with Crippen molar-refractivity contribution in [2.75, 3.05) is 26.8 Å². The standard InChI is InChI=1S/C17H21NO5/c1-22-15-11-13(5-7-14(15)19)6-8-17(21)23-12-16(20)18-9-3-2-4-10-18/h5-8,11,19H,2-4,9-10,12H2,1H3. The van der Waals surface area contributed by atoms with Crippen LogP contribution in [0.5, 0.6) is 11.5 Å². The molecule has 0 saturated carbocycles. The number of carbonyl (C=O) groups excluding carboxylic acids is 2. The molecule has 0 bridgehead atoms. The number of piperidine rings is 1. The molecule has 23 heavy (non-hydrogen) atoms. The molecule has 0 unspecified atom stereocenters. The molecule has 1 heterocycles. The van der Waals surface area contributed by atoms with Crippen molar-refractivity contribution in [2.45, 2.75) is 19.3 Å².